The van der Waals surface area contributed by atoms with Gasteiger partial charge in [0, 0.05) is 18.2 Å². The van der Waals surface area contributed by atoms with Crippen LogP contribution in [0, 0.1) is 16.0 Å². The van der Waals surface area contributed by atoms with Crippen molar-refractivity contribution in [3.8, 4) is 5.75 Å². The van der Waals surface area contributed by atoms with Gasteiger partial charge in [-0.05, 0) is 24.8 Å². The fraction of sp³-hybridized carbons (Fsp3) is 0.500. The maximum atomic E-state index is 12.0. The molecule has 0 aromatic heterocycles. The van der Waals surface area contributed by atoms with Gasteiger partial charge in [0.15, 0.2) is 12.9 Å². The summed E-state index contributed by atoms with van der Waals surface area (Å²) < 4.78 is 5.34. The SMILES string of the molecule is C[C@@H]1CCCC[C@H]1NC(=O)COc1ccc([N+](=O)[O-])cc1C=O. The Bertz CT molecular complexity index is 602. The number of benzene rings is 1. The molecule has 7 nitrogen and oxygen atoms in total. The molecule has 1 fully saturated rings. The molecule has 0 spiro atoms. The standard InChI is InChI=1S/C16H20N2O5/c1-11-4-2-3-5-14(11)17-16(20)10-23-15-7-6-13(18(21)22)8-12(15)9-19/h6-9,11,14H,2-5,10H2,1H3,(H,17,20)/t11-,14-/m1/s1. The van der Waals surface area contributed by atoms with E-state index in [-0.39, 0.29) is 35.6 Å². The molecule has 1 aliphatic rings. The summed E-state index contributed by atoms with van der Waals surface area (Å²) >= 11 is 0. The monoisotopic (exact) mass is 320 g/mol. The summed E-state index contributed by atoms with van der Waals surface area (Å²) in [6, 6.07) is 3.85. The highest BCUT2D eigenvalue weighted by atomic mass is 16.6. The predicted molar refractivity (Wildman–Crippen MR) is 83.5 cm³/mol. The Morgan fingerprint density at radius 1 is 1.43 bits per heavy atom. The maximum absolute atomic E-state index is 12.0. The van der Waals surface area contributed by atoms with Crippen molar-refractivity contribution >= 4 is 17.9 Å². The van der Waals surface area contributed by atoms with Crippen molar-refractivity contribution in [2.24, 2.45) is 5.92 Å². The molecule has 1 amide bonds. The first-order valence-electron chi connectivity index (χ1n) is 7.67. The lowest BCUT2D eigenvalue weighted by Crippen LogP contribution is -2.43. The zero-order chi connectivity index (χ0) is 16.8. The molecule has 1 aliphatic carbocycles. The Hall–Kier alpha value is -2.44. The van der Waals surface area contributed by atoms with E-state index in [1.807, 2.05) is 0 Å². The van der Waals surface area contributed by atoms with Gasteiger partial charge in [0.05, 0.1) is 10.5 Å². The number of ether oxygens (including phenoxy) is 1. The van der Waals surface area contributed by atoms with Crippen LogP contribution in [-0.2, 0) is 4.79 Å². The van der Waals surface area contributed by atoms with Crippen molar-refractivity contribution < 1.29 is 19.2 Å². The van der Waals surface area contributed by atoms with Crippen LogP contribution in [0.1, 0.15) is 43.0 Å². The number of nitrogens with one attached hydrogen (secondary N) is 1. The maximum Gasteiger partial charge on any atom is 0.270 e. The minimum atomic E-state index is -0.589. The van der Waals surface area contributed by atoms with E-state index in [1.54, 1.807) is 0 Å². The molecule has 1 N–H and O–H groups in total. The van der Waals surface area contributed by atoms with E-state index < -0.39 is 4.92 Å². The molecule has 1 aromatic carbocycles. The molecule has 0 saturated heterocycles. The van der Waals surface area contributed by atoms with Crippen molar-refractivity contribution in [3.05, 3.63) is 33.9 Å². The van der Waals surface area contributed by atoms with Gasteiger partial charge in [0.1, 0.15) is 5.75 Å². The Morgan fingerprint density at radius 2 is 2.17 bits per heavy atom. The summed E-state index contributed by atoms with van der Waals surface area (Å²) in [7, 11) is 0. The zero-order valence-corrected chi connectivity index (χ0v) is 13.0. The lowest BCUT2D eigenvalue weighted by atomic mass is 9.86. The average Bonchev–Trinajstić information content (AvgIpc) is 2.54. The van der Waals surface area contributed by atoms with Gasteiger partial charge in [-0.3, -0.25) is 19.7 Å². The first-order valence-corrected chi connectivity index (χ1v) is 7.67. The molecule has 1 saturated carbocycles. The molecule has 1 aromatic rings. The predicted octanol–water partition coefficient (Wildman–Crippen LogP) is 2.48. The Balaban J connectivity index is 1.93. The number of rotatable bonds is 6. The molecule has 0 unspecified atom stereocenters. The van der Waals surface area contributed by atoms with Gasteiger partial charge < -0.3 is 10.1 Å². The topological polar surface area (TPSA) is 98.5 Å². The van der Waals surface area contributed by atoms with Crippen LogP contribution < -0.4 is 10.1 Å². The molecular weight excluding hydrogens is 300 g/mol. The number of nitrogens with zero attached hydrogens (tertiary/aromatic N) is 1. The number of carbonyl (C=O) groups excluding carboxylic acids is 2. The third-order valence-corrected chi connectivity index (χ3v) is 4.15. The van der Waals surface area contributed by atoms with Crippen LogP contribution >= 0.6 is 0 Å². The molecule has 124 valence electrons. The number of amides is 1. The minimum absolute atomic E-state index is 0.0537. The van der Waals surface area contributed by atoms with Gasteiger partial charge in [0.2, 0.25) is 0 Å². The lowest BCUT2D eigenvalue weighted by Gasteiger charge is -2.29. The smallest absolute Gasteiger partial charge is 0.270 e. The summed E-state index contributed by atoms with van der Waals surface area (Å²) in [5, 5.41) is 13.6. The molecule has 2 rings (SSSR count). The first kappa shape index (κ1) is 16.9. The summed E-state index contributed by atoms with van der Waals surface area (Å²) in [5.41, 5.74) is -0.141. The highest BCUT2D eigenvalue weighted by Gasteiger charge is 2.23. The summed E-state index contributed by atoms with van der Waals surface area (Å²) in [6.07, 6.45) is 4.83. The first-order chi connectivity index (χ1) is 11.0. The summed E-state index contributed by atoms with van der Waals surface area (Å²) in [5.74, 6) is 0.356. The van der Waals surface area contributed by atoms with E-state index in [0.29, 0.717) is 12.2 Å². The van der Waals surface area contributed by atoms with E-state index in [2.05, 4.69) is 12.2 Å². The normalized spacial score (nSPS) is 20.6. The van der Waals surface area contributed by atoms with Gasteiger partial charge in [-0.25, -0.2) is 0 Å². The second kappa shape index (κ2) is 7.71. The fourth-order valence-electron chi connectivity index (χ4n) is 2.80. The molecule has 0 heterocycles. The van der Waals surface area contributed by atoms with Crippen molar-refractivity contribution in [2.75, 3.05) is 6.61 Å². The molecule has 23 heavy (non-hydrogen) atoms. The zero-order valence-electron chi connectivity index (χ0n) is 13.0. The van der Waals surface area contributed by atoms with Gasteiger partial charge in [-0.15, -0.1) is 0 Å². The third kappa shape index (κ3) is 4.51. The highest BCUT2D eigenvalue weighted by molar-refractivity contribution is 5.82. The van der Waals surface area contributed by atoms with E-state index in [0.717, 1.165) is 25.3 Å². The highest BCUT2D eigenvalue weighted by Crippen LogP contribution is 2.24. The van der Waals surface area contributed by atoms with Gasteiger partial charge >= 0.3 is 0 Å². The van der Waals surface area contributed by atoms with Crippen LogP contribution in [0.3, 0.4) is 0 Å². The van der Waals surface area contributed by atoms with E-state index in [9.17, 15) is 19.7 Å². The fourth-order valence-corrected chi connectivity index (χ4v) is 2.80. The summed E-state index contributed by atoms with van der Waals surface area (Å²) in [4.78, 5) is 33.1. The number of nitro benzene ring substituents is 1. The van der Waals surface area contributed by atoms with Crippen LogP contribution in [-0.4, -0.2) is 29.8 Å². The van der Waals surface area contributed by atoms with E-state index in [4.69, 9.17) is 4.74 Å². The largest absolute Gasteiger partial charge is 0.483 e. The molecule has 0 radical (unpaired) electrons. The molecule has 2 atom stereocenters. The van der Waals surface area contributed by atoms with E-state index >= 15 is 0 Å². The second-order valence-electron chi connectivity index (χ2n) is 5.82. The van der Waals surface area contributed by atoms with Crippen molar-refractivity contribution in [3.63, 3.8) is 0 Å². The second-order valence-corrected chi connectivity index (χ2v) is 5.82. The van der Waals surface area contributed by atoms with Crippen LogP contribution in [0.5, 0.6) is 5.75 Å². The van der Waals surface area contributed by atoms with Crippen molar-refractivity contribution in [1.29, 1.82) is 0 Å². The molecule has 7 heteroatoms. The number of hydrogen-bond donors (Lipinski definition) is 1. The van der Waals surface area contributed by atoms with Crippen LogP contribution in [0.15, 0.2) is 18.2 Å². The minimum Gasteiger partial charge on any atom is -0.483 e. The molecule has 0 aliphatic heterocycles. The van der Waals surface area contributed by atoms with Crippen LogP contribution in [0.25, 0.3) is 0 Å². The van der Waals surface area contributed by atoms with Crippen LogP contribution in [0.2, 0.25) is 0 Å². The average molecular weight is 320 g/mol. The number of nitro groups is 1. The number of hydrogen-bond acceptors (Lipinski definition) is 5. The number of aldehydes is 1. The number of non-ortho nitro benzene ring substituents is 1. The third-order valence-electron chi connectivity index (χ3n) is 4.15. The summed E-state index contributed by atoms with van der Waals surface area (Å²) in [6.45, 7) is 1.90. The molecular formula is C16H20N2O5. The number of carbonyl (C=O) groups is 2. The molecule has 0 bridgehead atoms. The van der Waals surface area contributed by atoms with Crippen molar-refractivity contribution in [1.82, 2.24) is 5.32 Å². The lowest BCUT2D eigenvalue weighted by molar-refractivity contribution is -0.384. The Morgan fingerprint density at radius 3 is 2.83 bits per heavy atom. The Kier molecular flexibility index (Phi) is 5.67. The van der Waals surface area contributed by atoms with Gasteiger partial charge in [-0.1, -0.05) is 19.8 Å². The van der Waals surface area contributed by atoms with Crippen molar-refractivity contribution in [2.45, 2.75) is 38.6 Å². The van der Waals surface area contributed by atoms with Gasteiger partial charge in [0.25, 0.3) is 11.6 Å². The van der Waals surface area contributed by atoms with Gasteiger partial charge in [-0.2, -0.15) is 0 Å². The Labute approximate surface area is 134 Å². The van der Waals surface area contributed by atoms with E-state index in [1.165, 1.54) is 18.6 Å². The quantitative estimate of drug-likeness (QED) is 0.493. The van der Waals surface area contributed by atoms with Crippen LogP contribution in [0.4, 0.5) is 5.69 Å².